The summed E-state index contributed by atoms with van der Waals surface area (Å²) in [7, 11) is 0. The summed E-state index contributed by atoms with van der Waals surface area (Å²) >= 11 is 1.94. The number of urea groups is 1. The van der Waals surface area contributed by atoms with Gasteiger partial charge in [0, 0.05) is 28.0 Å². The fraction of sp³-hybridized carbons (Fsp3) is 0.375. The number of hydrogen-bond donors (Lipinski definition) is 1. The van der Waals surface area contributed by atoms with E-state index in [1.807, 2.05) is 47.4 Å². The van der Waals surface area contributed by atoms with E-state index < -0.39 is 0 Å². The maximum Gasteiger partial charge on any atom is 0.322 e. The van der Waals surface area contributed by atoms with E-state index in [0.29, 0.717) is 6.54 Å². The number of rotatable bonds is 2. The number of fused-ring (bicyclic) bond motifs is 5. The summed E-state index contributed by atoms with van der Waals surface area (Å²) in [5.74, 6) is 0. The zero-order valence-electron chi connectivity index (χ0n) is 17.1. The molecule has 0 spiro atoms. The van der Waals surface area contributed by atoms with Gasteiger partial charge in [-0.15, -0.1) is 11.3 Å². The Hall–Kier alpha value is -2.53. The second-order valence-corrected chi connectivity index (χ2v) is 9.18. The Morgan fingerprint density at radius 2 is 1.97 bits per heavy atom. The minimum atomic E-state index is -0.0116. The van der Waals surface area contributed by atoms with Gasteiger partial charge in [0.25, 0.3) is 0 Å². The SMILES string of the molecule is CCC1c2cccn2-c2sc3c(c2CN1C(=O)Nc1ccccc1C)CCCC3. The van der Waals surface area contributed by atoms with Gasteiger partial charge >= 0.3 is 6.03 Å². The molecule has 0 saturated heterocycles. The summed E-state index contributed by atoms with van der Waals surface area (Å²) < 4.78 is 2.34. The van der Waals surface area contributed by atoms with E-state index in [-0.39, 0.29) is 12.1 Å². The standard InChI is InChI=1S/C24H27N3OS/c1-3-20-21-12-8-14-26(21)23-18(17-10-5-7-13-22(17)29-23)15-27(20)24(28)25-19-11-6-4-9-16(19)2/h4,6,8-9,11-12,14,20H,3,5,7,10,13,15H2,1-2H3,(H,25,28). The van der Waals surface area contributed by atoms with Crippen molar-refractivity contribution in [2.24, 2.45) is 0 Å². The number of nitrogens with zero attached hydrogens (tertiary/aromatic N) is 2. The molecule has 0 fully saturated rings. The third-order valence-electron chi connectivity index (χ3n) is 6.34. The van der Waals surface area contributed by atoms with Crippen LogP contribution in [-0.2, 0) is 19.4 Å². The number of carbonyl (C=O) groups excluding carboxylic acids is 1. The summed E-state index contributed by atoms with van der Waals surface area (Å²) in [6.45, 7) is 4.89. The molecule has 2 amide bonds. The number of hydrogen-bond acceptors (Lipinski definition) is 2. The molecule has 29 heavy (non-hydrogen) atoms. The highest BCUT2D eigenvalue weighted by Crippen LogP contribution is 2.43. The molecule has 0 radical (unpaired) electrons. The Bertz CT molecular complexity index is 1060. The maximum absolute atomic E-state index is 13.5. The Balaban J connectivity index is 1.58. The van der Waals surface area contributed by atoms with Gasteiger partial charge in [0.2, 0.25) is 0 Å². The maximum atomic E-state index is 13.5. The molecule has 1 unspecified atom stereocenters. The first-order valence-electron chi connectivity index (χ1n) is 10.6. The van der Waals surface area contributed by atoms with E-state index >= 15 is 0 Å². The van der Waals surface area contributed by atoms with E-state index in [1.165, 1.54) is 46.0 Å². The molecule has 1 aliphatic carbocycles. The van der Waals surface area contributed by atoms with Gasteiger partial charge in [-0.1, -0.05) is 25.1 Å². The van der Waals surface area contributed by atoms with Crippen molar-refractivity contribution in [2.75, 3.05) is 5.32 Å². The predicted molar refractivity (Wildman–Crippen MR) is 119 cm³/mol. The number of thiophene rings is 1. The van der Waals surface area contributed by atoms with Crippen LogP contribution in [0.1, 0.15) is 59.5 Å². The normalized spacial score (nSPS) is 17.9. The average Bonchev–Trinajstić information content (AvgIpc) is 3.32. The van der Waals surface area contributed by atoms with Crippen LogP contribution in [0.4, 0.5) is 10.5 Å². The smallest absolute Gasteiger partial charge is 0.312 e. The first-order chi connectivity index (χ1) is 14.2. The number of para-hydroxylation sites is 1. The van der Waals surface area contributed by atoms with Gasteiger partial charge in [-0.05, 0) is 68.4 Å². The summed E-state index contributed by atoms with van der Waals surface area (Å²) in [4.78, 5) is 17.1. The highest BCUT2D eigenvalue weighted by molar-refractivity contribution is 7.15. The number of amides is 2. The molecular formula is C24H27N3OS. The molecule has 1 N–H and O–H groups in total. The third-order valence-corrected chi connectivity index (χ3v) is 7.67. The van der Waals surface area contributed by atoms with Crippen molar-refractivity contribution in [1.29, 1.82) is 0 Å². The van der Waals surface area contributed by atoms with Gasteiger partial charge in [-0.25, -0.2) is 4.79 Å². The van der Waals surface area contributed by atoms with E-state index in [2.05, 4.69) is 35.1 Å². The molecule has 150 valence electrons. The van der Waals surface area contributed by atoms with E-state index in [4.69, 9.17) is 0 Å². The van der Waals surface area contributed by atoms with Gasteiger partial charge in [0.05, 0.1) is 12.6 Å². The van der Waals surface area contributed by atoms with Crippen molar-refractivity contribution in [2.45, 2.75) is 58.5 Å². The first kappa shape index (κ1) is 18.5. The highest BCUT2D eigenvalue weighted by atomic mass is 32.1. The minimum Gasteiger partial charge on any atom is -0.312 e. The second kappa shape index (κ2) is 7.38. The van der Waals surface area contributed by atoms with Crippen LogP contribution in [-0.4, -0.2) is 15.5 Å². The molecule has 1 aromatic carbocycles. The summed E-state index contributed by atoms with van der Waals surface area (Å²) in [5.41, 5.74) is 6.05. The Labute approximate surface area is 176 Å². The fourth-order valence-electron chi connectivity index (χ4n) is 4.81. The Morgan fingerprint density at radius 3 is 2.79 bits per heavy atom. The number of anilines is 1. The first-order valence-corrected chi connectivity index (χ1v) is 11.4. The number of aromatic nitrogens is 1. The molecule has 1 atom stereocenters. The predicted octanol–water partition coefficient (Wildman–Crippen LogP) is 6.22. The zero-order chi connectivity index (χ0) is 20.0. The highest BCUT2D eigenvalue weighted by Gasteiger charge is 2.34. The van der Waals surface area contributed by atoms with Gasteiger partial charge in [0.15, 0.2) is 0 Å². The number of carbonyl (C=O) groups is 1. The molecule has 2 aromatic heterocycles. The van der Waals surface area contributed by atoms with Crippen molar-refractivity contribution in [3.8, 4) is 5.00 Å². The molecule has 1 aliphatic heterocycles. The quantitative estimate of drug-likeness (QED) is 0.539. The molecule has 4 nitrogen and oxygen atoms in total. The minimum absolute atomic E-state index is 0.0116. The summed E-state index contributed by atoms with van der Waals surface area (Å²) in [5, 5.41) is 4.50. The monoisotopic (exact) mass is 405 g/mol. The third kappa shape index (κ3) is 3.08. The lowest BCUT2D eigenvalue weighted by Gasteiger charge is -2.30. The van der Waals surface area contributed by atoms with Crippen molar-refractivity contribution < 1.29 is 4.79 Å². The molecule has 0 bridgehead atoms. The topological polar surface area (TPSA) is 37.3 Å². The van der Waals surface area contributed by atoms with Crippen LogP contribution in [0, 0.1) is 6.92 Å². The molecule has 5 heteroatoms. The van der Waals surface area contributed by atoms with E-state index in [0.717, 1.165) is 24.1 Å². The van der Waals surface area contributed by atoms with Crippen molar-refractivity contribution >= 4 is 23.1 Å². The Kier molecular flexibility index (Phi) is 4.70. The van der Waals surface area contributed by atoms with Gasteiger partial charge in [-0.2, -0.15) is 0 Å². The summed E-state index contributed by atoms with van der Waals surface area (Å²) in [6.07, 6.45) is 7.91. The number of nitrogens with one attached hydrogen (secondary N) is 1. The van der Waals surface area contributed by atoms with Crippen LogP contribution in [0.2, 0.25) is 0 Å². The van der Waals surface area contributed by atoms with Gasteiger partial charge < -0.3 is 14.8 Å². The number of aryl methyl sites for hydroxylation is 2. The zero-order valence-corrected chi connectivity index (χ0v) is 17.9. The van der Waals surface area contributed by atoms with Crippen molar-refractivity contribution in [1.82, 2.24) is 9.47 Å². The van der Waals surface area contributed by atoms with E-state index in [1.54, 1.807) is 0 Å². The molecule has 3 heterocycles. The second-order valence-electron chi connectivity index (χ2n) is 8.09. The molecule has 2 aliphatic rings. The van der Waals surface area contributed by atoms with E-state index in [9.17, 15) is 4.79 Å². The van der Waals surface area contributed by atoms with Crippen LogP contribution in [0.15, 0.2) is 42.6 Å². The lowest BCUT2D eigenvalue weighted by molar-refractivity contribution is 0.181. The van der Waals surface area contributed by atoms with Crippen molar-refractivity contribution in [3.05, 3.63) is 69.9 Å². The molecule has 0 saturated carbocycles. The van der Waals surface area contributed by atoms with Crippen LogP contribution < -0.4 is 5.32 Å². The van der Waals surface area contributed by atoms with Gasteiger partial charge in [0.1, 0.15) is 5.00 Å². The fourth-order valence-corrected chi connectivity index (χ4v) is 6.21. The molecule has 5 rings (SSSR count). The largest absolute Gasteiger partial charge is 0.322 e. The van der Waals surface area contributed by atoms with Crippen LogP contribution in [0.5, 0.6) is 0 Å². The van der Waals surface area contributed by atoms with Gasteiger partial charge in [-0.3, -0.25) is 0 Å². The van der Waals surface area contributed by atoms with Crippen molar-refractivity contribution in [3.63, 3.8) is 0 Å². The van der Waals surface area contributed by atoms with Crippen LogP contribution in [0.3, 0.4) is 0 Å². The molecule has 3 aromatic rings. The Morgan fingerprint density at radius 1 is 1.14 bits per heavy atom. The average molecular weight is 406 g/mol. The number of benzene rings is 1. The van der Waals surface area contributed by atoms with Crippen LogP contribution >= 0.6 is 11.3 Å². The summed E-state index contributed by atoms with van der Waals surface area (Å²) in [6, 6.07) is 12.3. The lowest BCUT2D eigenvalue weighted by Crippen LogP contribution is -2.37. The lowest BCUT2D eigenvalue weighted by atomic mass is 9.95. The van der Waals surface area contributed by atoms with Crippen LogP contribution in [0.25, 0.3) is 5.00 Å². The molecular weight excluding hydrogens is 378 g/mol.